The van der Waals surface area contributed by atoms with Gasteiger partial charge >= 0.3 is 0 Å². The molecule has 1 aliphatic rings. The van der Waals surface area contributed by atoms with Gasteiger partial charge in [0.25, 0.3) is 11.8 Å². The van der Waals surface area contributed by atoms with Gasteiger partial charge in [-0.15, -0.1) is 0 Å². The van der Waals surface area contributed by atoms with Crippen LogP contribution in [0.4, 0.5) is 0 Å². The Morgan fingerprint density at radius 2 is 1.78 bits per heavy atom. The fourth-order valence-electron chi connectivity index (χ4n) is 3.20. The molecule has 144 valence electrons. The lowest BCUT2D eigenvalue weighted by atomic mass is 10.1. The average molecular weight is 371 g/mol. The van der Waals surface area contributed by atoms with E-state index in [1.807, 2.05) is 18.5 Å². The highest BCUT2D eigenvalue weighted by atomic mass is 16.2. The highest BCUT2D eigenvalue weighted by molar-refractivity contribution is 6.04. The second kappa shape index (κ2) is 8.70. The molecule has 1 fully saturated rings. The summed E-state index contributed by atoms with van der Waals surface area (Å²) in [7, 11) is 0. The van der Waals surface area contributed by atoms with E-state index in [0.29, 0.717) is 32.6 Å². The first kappa shape index (κ1) is 18.9. The van der Waals surface area contributed by atoms with Gasteiger partial charge in [0.2, 0.25) is 0 Å². The highest BCUT2D eigenvalue weighted by Gasteiger charge is 2.25. The summed E-state index contributed by atoms with van der Waals surface area (Å²) < 4.78 is 1.81. The van der Waals surface area contributed by atoms with Crippen LogP contribution in [0.1, 0.15) is 58.3 Å². The Morgan fingerprint density at radius 1 is 1.07 bits per heavy atom. The van der Waals surface area contributed by atoms with Crippen LogP contribution in [0.3, 0.4) is 0 Å². The van der Waals surface area contributed by atoms with Gasteiger partial charge < -0.3 is 10.2 Å². The van der Waals surface area contributed by atoms with Gasteiger partial charge in [-0.2, -0.15) is 5.10 Å². The molecule has 0 unspecified atom stereocenters. The van der Waals surface area contributed by atoms with Crippen molar-refractivity contribution in [2.75, 3.05) is 19.6 Å². The molecule has 0 radical (unpaired) electrons. The highest BCUT2D eigenvalue weighted by Crippen LogP contribution is 2.13. The van der Waals surface area contributed by atoms with Crippen LogP contribution >= 0.6 is 0 Å². The lowest BCUT2D eigenvalue weighted by Crippen LogP contribution is -2.38. The minimum absolute atomic E-state index is 0.0841. The Hall–Kier alpha value is -2.84. The molecule has 0 saturated carbocycles. The maximum atomic E-state index is 12.7. The molecule has 3 rings (SSSR count). The molecule has 3 heterocycles. The van der Waals surface area contributed by atoms with E-state index in [4.69, 9.17) is 0 Å². The van der Waals surface area contributed by atoms with E-state index in [1.165, 1.54) is 12.4 Å². The zero-order valence-electron chi connectivity index (χ0n) is 15.8. The zero-order valence-corrected chi connectivity index (χ0v) is 15.8. The van der Waals surface area contributed by atoms with Gasteiger partial charge in [0.15, 0.2) is 11.4 Å². The summed E-state index contributed by atoms with van der Waals surface area (Å²) in [5.41, 5.74) is 0.209. The van der Waals surface area contributed by atoms with Gasteiger partial charge in [0.1, 0.15) is 11.6 Å². The van der Waals surface area contributed by atoms with Crippen molar-refractivity contribution in [3.8, 4) is 0 Å². The van der Waals surface area contributed by atoms with E-state index < -0.39 is 0 Å². The van der Waals surface area contributed by atoms with Crippen molar-refractivity contribution >= 4 is 11.8 Å². The van der Waals surface area contributed by atoms with Crippen molar-refractivity contribution in [1.82, 2.24) is 34.9 Å². The number of carbonyl (C=O) groups excluding carboxylic acids is 2. The molecule has 9 nitrogen and oxygen atoms in total. The molecule has 2 aromatic rings. The third kappa shape index (κ3) is 4.66. The van der Waals surface area contributed by atoms with Gasteiger partial charge in [-0.25, -0.2) is 15.0 Å². The number of likely N-dealkylation sites (tertiary alicyclic amines) is 1. The molecule has 0 atom stereocenters. The topological polar surface area (TPSA) is 106 Å². The number of carbonyl (C=O) groups is 2. The molecule has 0 bridgehead atoms. The van der Waals surface area contributed by atoms with Crippen LogP contribution in [0.2, 0.25) is 0 Å². The van der Waals surface area contributed by atoms with E-state index in [-0.39, 0.29) is 23.2 Å². The molecule has 1 N–H and O–H groups in total. The fourth-order valence-corrected chi connectivity index (χ4v) is 3.20. The monoisotopic (exact) mass is 371 g/mol. The molecule has 1 aliphatic heterocycles. The SMILES string of the molecule is Cc1nc(C)n(CCCNC(=O)c2nccnc2C(=O)N2CCCCC2)n1. The van der Waals surface area contributed by atoms with Crippen molar-refractivity contribution in [3.63, 3.8) is 0 Å². The second-order valence-corrected chi connectivity index (χ2v) is 6.65. The number of aromatic nitrogens is 5. The Morgan fingerprint density at radius 3 is 2.44 bits per heavy atom. The van der Waals surface area contributed by atoms with Crippen LogP contribution in [-0.2, 0) is 6.54 Å². The summed E-state index contributed by atoms with van der Waals surface area (Å²) in [6, 6.07) is 0. The Bertz CT molecular complexity index is 812. The van der Waals surface area contributed by atoms with Crippen LogP contribution in [-0.4, -0.2) is 61.1 Å². The van der Waals surface area contributed by atoms with E-state index >= 15 is 0 Å². The first-order valence-electron chi connectivity index (χ1n) is 9.33. The lowest BCUT2D eigenvalue weighted by Gasteiger charge is -2.26. The molecule has 2 aromatic heterocycles. The molecular formula is C18H25N7O2. The van der Waals surface area contributed by atoms with Gasteiger partial charge in [-0.05, 0) is 39.5 Å². The molecule has 27 heavy (non-hydrogen) atoms. The van der Waals surface area contributed by atoms with Crippen LogP contribution in [0, 0.1) is 13.8 Å². The van der Waals surface area contributed by atoms with Crippen LogP contribution in [0.25, 0.3) is 0 Å². The molecule has 0 spiro atoms. The summed E-state index contributed by atoms with van der Waals surface area (Å²) >= 11 is 0. The van der Waals surface area contributed by atoms with Gasteiger partial charge in [0.05, 0.1) is 0 Å². The minimum Gasteiger partial charge on any atom is -0.351 e. The van der Waals surface area contributed by atoms with Gasteiger partial charge in [-0.1, -0.05) is 0 Å². The molecule has 2 amide bonds. The number of aryl methyl sites for hydroxylation is 3. The average Bonchev–Trinajstić information content (AvgIpc) is 3.02. The van der Waals surface area contributed by atoms with Crippen LogP contribution in [0.5, 0.6) is 0 Å². The second-order valence-electron chi connectivity index (χ2n) is 6.65. The van der Waals surface area contributed by atoms with Gasteiger partial charge in [-0.3, -0.25) is 14.3 Å². The maximum Gasteiger partial charge on any atom is 0.274 e. The van der Waals surface area contributed by atoms with Crippen LogP contribution in [0.15, 0.2) is 12.4 Å². The van der Waals surface area contributed by atoms with Crippen molar-refractivity contribution in [2.45, 2.75) is 46.1 Å². The Balaban J connectivity index is 1.58. The predicted octanol–water partition coefficient (Wildman–Crippen LogP) is 1.13. The smallest absolute Gasteiger partial charge is 0.274 e. The standard InChI is InChI=1S/C18H25N7O2/c1-13-22-14(2)25(23-13)12-6-7-21-17(26)15-16(20-9-8-19-15)18(27)24-10-4-3-5-11-24/h8-9H,3-7,10-12H2,1-2H3,(H,21,26). The van der Waals surface area contributed by atoms with Crippen molar-refractivity contribution in [2.24, 2.45) is 0 Å². The minimum atomic E-state index is -0.380. The van der Waals surface area contributed by atoms with E-state index in [1.54, 1.807) is 4.90 Å². The number of hydrogen-bond acceptors (Lipinski definition) is 6. The summed E-state index contributed by atoms with van der Waals surface area (Å²) in [4.78, 5) is 39.5. The summed E-state index contributed by atoms with van der Waals surface area (Å²) in [5.74, 6) is 0.982. The van der Waals surface area contributed by atoms with Crippen molar-refractivity contribution < 1.29 is 9.59 Å². The quantitative estimate of drug-likeness (QED) is 0.763. The number of nitrogens with zero attached hydrogens (tertiary/aromatic N) is 6. The summed E-state index contributed by atoms with van der Waals surface area (Å²) in [6.07, 6.45) is 6.67. The number of hydrogen-bond donors (Lipinski definition) is 1. The maximum absolute atomic E-state index is 12.7. The van der Waals surface area contributed by atoms with Crippen molar-refractivity contribution in [3.05, 3.63) is 35.4 Å². The first-order valence-corrected chi connectivity index (χ1v) is 9.33. The number of amides is 2. The third-order valence-electron chi connectivity index (χ3n) is 4.55. The normalized spacial score (nSPS) is 14.2. The van der Waals surface area contributed by atoms with Crippen molar-refractivity contribution in [1.29, 1.82) is 0 Å². The Kier molecular flexibility index (Phi) is 6.10. The molecule has 1 saturated heterocycles. The third-order valence-corrected chi connectivity index (χ3v) is 4.55. The fraction of sp³-hybridized carbons (Fsp3) is 0.556. The largest absolute Gasteiger partial charge is 0.351 e. The molecule has 0 aromatic carbocycles. The number of nitrogens with one attached hydrogen (secondary N) is 1. The van der Waals surface area contributed by atoms with E-state index in [2.05, 4.69) is 25.4 Å². The van der Waals surface area contributed by atoms with Gasteiger partial charge in [0, 0.05) is 38.6 Å². The summed E-state index contributed by atoms with van der Waals surface area (Å²) in [6.45, 7) is 6.26. The van der Waals surface area contributed by atoms with E-state index in [0.717, 1.165) is 30.9 Å². The predicted molar refractivity (Wildman–Crippen MR) is 98.2 cm³/mol. The Labute approximate surface area is 158 Å². The lowest BCUT2D eigenvalue weighted by molar-refractivity contribution is 0.0711. The van der Waals surface area contributed by atoms with Crippen LogP contribution < -0.4 is 5.32 Å². The number of rotatable bonds is 6. The molecule has 0 aliphatic carbocycles. The number of piperidine rings is 1. The first-order chi connectivity index (χ1) is 13.1. The molecular weight excluding hydrogens is 346 g/mol. The molecule has 9 heteroatoms. The summed E-state index contributed by atoms with van der Waals surface area (Å²) in [5, 5.41) is 7.11. The zero-order chi connectivity index (χ0) is 19.2. The van der Waals surface area contributed by atoms with E-state index in [9.17, 15) is 9.59 Å².